The largest absolute Gasteiger partial charge is 0.466 e. The summed E-state index contributed by atoms with van der Waals surface area (Å²) in [5.74, 6) is -0.537. The molecular formula is C19H19FN4O2. The molecule has 3 rings (SSSR count). The van der Waals surface area contributed by atoms with E-state index in [9.17, 15) is 9.18 Å². The number of aryl methyl sites for hydroxylation is 2. The summed E-state index contributed by atoms with van der Waals surface area (Å²) < 4.78 is 20.1. The Bertz CT molecular complexity index is 995. The molecule has 0 amide bonds. The van der Waals surface area contributed by atoms with E-state index in [2.05, 4.69) is 15.2 Å². The number of carbonyl (C=O) groups excluding carboxylic acids is 1. The number of esters is 1. The fourth-order valence-corrected chi connectivity index (χ4v) is 2.52. The predicted octanol–water partition coefficient (Wildman–Crippen LogP) is 4.61. The number of imidazole rings is 1. The number of halogens is 1. The molecule has 0 fully saturated rings. The molecule has 0 saturated heterocycles. The van der Waals surface area contributed by atoms with E-state index in [1.54, 1.807) is 6.92 Å². The van der Waals surface area contributed by atoms with Crippen LogP contribution in [0.1, 0.15) is 23.7 Å². The maximum atomic E-state index is 13.7. The average molecular weight is 354 g/mol. The topological polar surface area (TPSA) is 68.3 Å². The van der Waals surface area contributed by atoms with Crippen LogP contribution in [0.2, 0.25) is 0 Å². The molecule has 7 heteroatoms. The Kier molecular flexibility index (Phi) is 5.06. The summed E-state index contributed by atoms with van der Waals surface area (Å²) in [6, 6.07) is 8.55. The van der Waals surface area contributed by atoms with Crippen LogP contribution in [0.15, 0.2) is 46.8 Å². The van der Waals surface area contributed by atoms with E-state index in [0.29, 0.717) is 22.8 Å². The monoisotopic (exact) mass is 354 g/mol. The Labute approximate surface area is 150 Å². The van der Waals surface area contributed by atoms with E-state index in [-0.39, 0.29) is 13.0 Å². The van der Waals surface area contributed by atoms with Gasteiger partial charge in [-0.25, -0.2) is 9.37 Å². The van der Waals surface area contributed by atoms with Crippen molar-refractivity contribution in [1.29, 1.82) is 0 Å². The Morgan fingerprint density at radius 1 is 1.19 bits per heavy atom. The van der Waals surface area contributed by atoms with Crippen LogP contribution in [0.25, 0.3) is 5.65 Å². The lowest BCUT2D eigenvalue weighted by atomic mass is 10.1. The Morgan fingerprint density at radius 2 is 2.00 bits per heavy atom. The first-order chi connectivity index (χ1) is 12.5. The number of hydrogen-bond donors (Lipinski definition) is 0. The number of fused-ring (bicyclic) bond motifs is 1. The van der Waals surface area contributed by atoms with Gasteiger partial charge in [-0.3, -0.25) is 9.20 Å². The number of ether oxygens (including phenoxy) is 1. The molecule has 3 aromatic rings. The molecule has 26 heavy (non-hydrogen) atoms. The standard InChI is InChI=1S/C19H19FN4O2/c1-4-26-18(25)10-16-19(24-11-14(20)6-8-17(24)21-16)23-22-15-7-5-12(2)13(3)9-15/h5-9,11H,4,10H2,1-3H3. The minimum atomic E-state index is -0.430. The van der Waals surface area contributed by atoms with Crippen molar-refractivity contribution in [2.75, 3.05) is 6.61 Å². The van der Waals surface area contributed by atoms with Crippen LogP contribution in [0.5, 0.6) is 0 Å². The molecular weight excluding hydrogens is 335 g/mol. The molecule has 0 aliphatic carbocycles. The van der Waals surface area contributed by atoms with Crippen LogP contribution in [-0.2, 0) is 16.0 Å². The van der Waals surface area contributed by atoms with Crippen LogP contribution in [0, 0.1) is 19.7 Å². The number of pyridine rings is 1. The maximum Gasteiger partial charge on any atom is 0.312 e. The summed E-state index contributed by atoms with van der Waals surface area (Å²) in [6.45, 7) is 6.02. The molecule has 0 unspecified atom stereocenters. The second-order valence-corrected chi connectivity index (χ2v) is 5.91. The third-order valence-corrected chi connectivity index (χ3v) is 3.99. The van der Waals surface area contributed by atoms with Crippen molar-refractivity contribution in [3.63, 3.8) is 0 Å². The third-order valence-electron chi connectivity index (χ3n) is 3.99. The number of rotatable bonds is 5. The molecule has 1 aromatic carbocycles. The van der Waals surface area contributed by atoms with Gasteiger partial charge >= 0.3 is 5.97 Å². The lowest BCUT2D eigenvalue weighted by molar-refractivity contribution is -0.142. The molecule has 134 valence electrons. The van der Waals surface area contributed by atoms with Crippen LogP contribution >= 0.6 is 0 Å². The molecule has 0 aliphatic heterocycles. The molecule has 0 bridgehead atoms. The number of nitrogens with zero attached hydrogens (tertiary/aromatic N) is 4. The van der Waals surface area contributed by atoms with Gasteiger partial charge in [0.1, 0.15) is 11.5 Å². The number of benzene rings is 1. The molecule has 2 aromatic heterocycles. The van der Waals surface area contributed by atoms with Gasteiger partial charge in [0.25, 0.3) is 0 Å². The normalized spacial score (nSPS) is 11.4. The molecule has 0 N–H and O–H groups in total. The predicted molar refractivity (Wildman–Crippen MR) is 95.6 cm³/mol. The summed E-state index contributed by atoms with van der Waals surface area (Å²) >= 11 is 0. The molecule has 0 spiro atoms. The smallest absolute Gasteiger partial charge is 0.312 e. The summed E-state index contributed by atoms with van der Waals surface area (Å²) in [6.07, 6.45) is 1.21. The van der Waals surface area contributed by atoms with E-state index >= 15 is 0 Å². The molecule has 6 nitrogen and oxygen atoms in total. The van der Waals surface area contributed by atoms with Gasteiger partial charge in [0.15, 0.2) is 5.82 Å². The second-order valence-electron chi connectivity index (χ2n) is 5.91. The quantitative estimate of drug-likeness (QED) is 0.496. The van der Waals surface area contributed by atoms with E-state index in [1.807, 2.05) is 32.0 Å². The van der Waals surface area contributed by atoms with Gasteiger partial charge < -0.3 is 4.74 Å². The van der Waals surface area contributed by atoms with Crippen LogP contribution in [-0.4, -0.2) is 22.0 Å². The summed E-state index contributed by atoms with van der Waals surface area (Å²) in [7, 11) is 0. The van der Waals surface area contributed by atoms with E-state index in [4.69, 9.17) is 4.74 Å². The van der Waals surface area contributed by atoms with Gasteiger partial charge in [0, 0.05) is 6.20 Å². The molecule has 0 radical (unpaired) electrons. The third kappa shape index (κ3) is 3.77. The number of aromatic nitrogens is 2. The highest BCUT2D eigenvalue weighted by atomic mass is 19.1. The van der Waals surface area contributed by atoms with Crippen molar-refractivity contribution in [3.05, 3.63) is 59.2 Å². The van der Waals surface area contributed by atoms with Gasteiger partial charge in [-0.1, -0.05) is 6.07 Å². The van der Waals surface area contributed by atoms with Crippen molar-refractivity contribution in [2.24, 2.45) is 10.2 Å². The Hall–Kier alpha value is -3.09. The highest BCUT2D eigenvalue weighted by Crippen LogP contribution is 2.26. The van der Waals surface area contributed by atoms with Gasteiger partial charge in [-0.2, -0.15) is 0 Å². The van der Waals surface area contributed by atoms with E-state index in [0.717, 1.165) is 11.1 Å². The van der Waals surface area contributed by atoms with Crippen molar-refractivity contribution in [1.82, 2.24) is 9.38 Å². The SMILES string of the molecule is CCOC(=O)Cc1nc2ccc(F)cn2c1N=Nc1ccc(C)c(C)c1. The number of carbonyl (C=O) groups is 1. The minimum Gasteiger partial charge on any atom is -0.466 e. The Balaban J connectivity index is 2.03. The van der Waals surface area contributed by atoms with Gasteiger partial charge in [-0.15, -0.1) is 10.2 Å². The van der Waals surface area contributed by atoms with Crippen molar-refractivity contribution in [3.8, 4) is 0 Å². The summed E-state index contributed by atoms with van der Waals surface area (Å²) in [4.78, 5) is 16.2. The van der Waals surface area contributed by atoms with Crippen molar-refractivity contribution in [2.45, 2.75) is 27.2 Å². The maximum absolute atomic E-state index is 13.7. The van der Waals surface area contributed by atoms with Crippen molar-refractivity contribution >= 4 is 23.1 Å². The minimum absolute atomic E-state index is 0.0571. The highest BCUT2D eigenvalue weighted by Gasteiger charge is 2.16. The summed E-state index contributed by atoms with van der Waals surface area (Å²) in [5, 5.41) is 8.47. The van der Waals surface area contributed by atoms with Gasteiger partial charge in [-0.05, 0) is 56.2 Å². The molecule has 0 atom stereocenters. The molecule has 0 aliphatic rings. The second kappa shape index (κ2) is 7.43. The van der Waals surface area contributed by atoms with E-state index < -0.39 is 11.8 Å². The zero-order valence-electron chi connectivity index (χ0n) is 14.9. The van der Waals surface area contributed by atoms with E-state index in [1.165, 1.54) is 22.7 Å². The zero-order valence-corrected chi connectivity index (χ0v) is 14.9. The first-order valence-corrected chi connectivity index (χ1v) is 8.29. The van der Waals surface area contributed by atoms with Crippen LogP contribution in [0.4, 0.5) is 15.9 Å². The number of azo groups is 1. The molecule has 2 heterocycles. The van der Waals surface area contributed by atoms with Crippen molar-refractivity contribution < 1.29 is 13.9 Å². The molecule has 0 saturated carbocycles. The zero-order chi connectivity index (χ0) is 18.7. The first kappa shape index (κ1) is 17.7. The Morgan fingerprint density at radius 3 is 2.73 bits per heavy atom. The van der Waals surface area contributed by atoms with Gasteiger partial charge in [0.05, 0.1) is 24.4 Å². The van der Waals surface area contributed by atoms with Gasteiger partial charge in [0.2, 0.25) is 0 Å². The average Bonchev–Trinajstić information content (AvgIpc) is 2.92. The van der Waals surface area contributed by atoms with Crippen LogP contribution < -0.4 is 0 Å². The first-order valence-electron chi connectivity index (χ1n) is 8.29. The fourth-order valence-electron chi connectivity index (χ4n) is 2.52. The summed E-state index contributed by atoms with van der Waals surface area (Å²) in [5.41, 5.74) is 3.80. The number of hydrogen-bond acceptors (Lipinski definition) is 5. The highest BCUT2D eigenvalue weighted by molar-refractivity contribution is 5.74. The van der Waals surface area contributed by atoms with Crippen LogP contribution in [0.3, 0.4) is 0 Å². The fraction of sp³-hybridized carbons (Fsp3) is 0.263. The lowest BCUT2D eigenvalue weighted by Crippen LogP contribution is -2.07. The lowest BCUT2D eigenvalue weighted by Gasteiger charge is -2.02.